The molecule has 0 unspecified atom stereocenters. The Kier molecular flexibility index (Phi) is 6.67. The van der Waals surface area contributed by atoms with Crippen molar-refractivity contribution in [3.8, 4) is 11.5 Å². The van der Waals surface area contributed by atoms with Crippen LogP contribution in [-0.4, -0.2) is 36.9 Å². The third kappa shape index (κ3) is 5.02. The number of aromatic nitrogens is 1. The van der Waals surface area contributed by atoms with E-state index in [2.05, 4.69) is 54.5 Å². The van der Waals surface area contributed by atoms with Gasteiger partial charge in [0.15, 0.2) is 17.5 Å². The first-order chi connectivity index (χ1) is 14.0. The van der Waals surface area contributed by atoms with Crippen molar-refractivity contribution in [2.75, 3.05) is 20.2 Å². The number of fused-ring (bicyclic) bond motifs is 1. The SMILES string of the molecule is CCc1noc(CC)c1CNC(=NC)NCCOc1cccc2c1OC(C)(C)C2. The van der Waals surface area contributed by atoms with Crippen LogP contribution in [0.15, 0.2) is 27.7 Å². The van der Waals surface area contributed by atoms with Gasteiger partial charge in [-0.15, -0.1) is 0 Å². The van der Waals surface area contributed by atoms with Gasteiger partial charge in [-0.05, 0) is 26.3 Å². The fourth-order valence-electron chi connectivity index (χ4n) is 3.56. The minimum absolute atomic E-state index is 0.178. The van der Waals surface area contributed by atoms with Gasteiger partial charge in [0.05, 0.1) is 12.2 Å². The summed E-state index contributed by atoms with van der Waals surface area (Å²) in [5.74, 6) is 3.30. The molecule has 0 bridgehead atoms. The molecule has 7 heteroatoms. The van der Waals surface area contributed by atoms with E-state index in [-0.39, 0.29) is 5.60 Å². The summed E-state index contributed by atoms with van der Waals surface area (Å²) in [4.78, 5) is 4.28. The Morgan fingerprint density at radius 3 is 2.79 bits per heavy atom. The number of guanidine groups is 1. The van der Waals surface area contributed by atoms with Gasteiger partial charge in [0, 0.05) is 37.6 Å². The van der Waals surface area contributed by atoms with E-state index in [4.69, 9.17) is 14.0 Å². The van der Waals surface area contributed by atoms with E-state index >= 15 is 0 Å². The van der Waals surface area contributed by atoms with E-state index in [9.17, 15) is 0 Å². The lowest BCUT2D eigenvalue weighted by Crippen LogP contribution is -2.39. The lowest BCUT2D eigenvalue weighted by molar-refractivity contribution is 0.132. The number of aliphatic imine (C=N–C) groups is 1. The predicted octanol–water partition coefficient (Wildman–Crippen LogP) is 3.26. The third-order valence-electron chi connectivity index (χ3n) is 4.97. The first kappa shape index (κ1) is 21.0. The molecule has 2 N–H and O–H groups in total. The Hall–Kier alpha value is -2.70. The molecule has 1 aliphatic heterocycles. The Morgan fingerprint density at radius 1 is 1.24 bits per heavy atom. The van der Waals surface area contributed by atoms with Gasteiger partial charge in [0.25, 0.3) is 0 Å². The number of ether oxygens (including phenoxy) is 2. The van der Waals surface area contributed by atoms with Gasteiger partial charge in [-0.25, -0.2) is 0 Å². The number of rotatable bonds is 8. The maximum absolute atomic E-state index is 6.05. The molecular formula is C22H32N4O3. The van der Waals surface area contributed by atoms with Crippen LogP contribution in [0, 0.1) is 0 Å². The highest BCUT2D eigenvalue weighted by Crippen LogP contribution is 2.41. The summed E-state index contributed by atoms with van der Waals surface area (Å²) in [5.41, 5.74) is 3.13. The van der Waals surface area contributed by atoms with Gasteiger partial charge in [0.2, 0.25) is 0 Å². The number of para-hydroxylation sites is 1. The molecule has 0 amide bonds. The molecule has 2 heterocycles. The van der Waals surface area contributed by atoms with E-state index in [0.29, 0.717) is 19.7 Å². The lowest BCUT2D eigenvalue weighted by atomic mass is 10.0. The molecule has 0 spiro atoms. The molecule has 0 atom stereocenters. The normalized spacial score (nSPS) is 15.0. The summed E-state index contributed by atoms with van der Waals surface area (Å²) in [6.07, 6.45) is 2.57. The Bertz CT molecular complexity index is 836. The van der Waals surface area contributed by atoms with Gasteiger partial charge in [-0.3, -0.25) is 4.99 Å². The molecule has 1 aliphatic rings. The van der Waals surface area contributed by atoms with Crippen molar-refractivity contribution in [3.05, 3.63) is 40.8 Å². The Balaban J connectivity index is 1.48. The van der Waals surface area contributed by atoms with Crippen molar-refractivity contribution in [1.82, 2.24) is 15.8 Å². The number of hydrogen-bond donors (Lipinski definition) is 2. The molecule has 0 saturated carbocycles. The molecule has 29 heavy (non-hydrogen) atoms. The topological polar surface area (TPSA) is 80.9 Å². The van der Waals surface area contributed by atoms with Crippen molar-refractivity contribution in [2.24, 2.45) is 4.99 Å². The van der Waals surface area contributed by atoms with Crippen LogP contribution in [0.1, 0.15) is 50.3 Å². The average Bonchev–Trinajstić information content (AvgIpc) is 3.25. The van der Waals surface area contributed by atoms with E-state index in [1.807, 2.05) is 12.1 Å². The van der Waals surface area contributed by atoms with Crippen LogP contribution in [-0.2, 0) is 25.8 Å². The van der Waals surface area contributed by atoms with Crippen LogP contribution in [0.4, 0.5) is 0 Å². The monoisotopic (exact) mass is 400 g/mol. The van der Waals surface area contributed by atoms with Crippen LogP contribution < -0.4 is 20.1 Å². The number of nitrogens with zero attached hydrogens (tertiary/aromatic N) is 2. The van der Waals surface area contributed by atoms with Crippen molar-refractivity contribution in [1.29, 1.82) is 0 Å². The third-order valence-corrected chi connectivity index (χ3v) is 4.97. The second kappa shape index (κ2) is 9.20. The molecule has 1 aromatic carbocycles. The zero-order valence-corrected chi connectivity index (χ0v) is 18.1. The van der Waals surface area contributed by atoms with Crippen molar-refractivity contribution in [3.63, 3.8) is 0 Å². The number of hydrogen-bond acceptors (Lipinski definition) is 5. The second-order valence-electron chi connectivity index (χ2n) is 7.72. The molecule has 0 saturated heterocycles. The van der Waals surface area contributed by atoms with Gasteiger partial charge in [-0.1, -0.05) is 31.1 Å². The molecule has 1 aromatic heterocycles. The highest BCUT2D eigenvalue weighted by Gasteiger charge is 2.32. The zero-order valence-electron chi connectivity index (χ0n) is 18.1. The lowest BCUT2D eigenvalue weighted by Gasteiger charge is -2.18. The quantitative estimate of drug-likeness (QED) is 0.402. The van der Waals surface area contributed by atoms with Crippen LogP contribution >= 0.6 is 0 Å². The first-order valence-electron chi connectivity index (χ1n) is 10.3. The first-order valence-corrected chi connectivity index (χ1v) is 10.3. The zero-order chi connectivity index (χ0) is 20.9. The molecule has 0 radical (unpaired) electrons. The fraction of sp³-hybridized carbons (Fsp3) is 0.545. The minimum atomic E-state index is -0.178. The Morgan fingerprint density at radius 2 is 2.07 bits per heavy atom. The van der Waals surface area contributed by atoms with Gasteiger partial charge < -0.3 is 24.6 Å². The standard InChI is InChI=1S/C22H32N4O3/c1-6-17-16(18(7-2)29-26-17)14-25-21(23-5)24-11-12-27-19-10-8-9-15-13-22(3,4)28-20(15)19/h8-10H,6-7,11-14H2,1-5H3,(H2,23,24,25). The highest BCUT2D eigenvalue weighted by molar-refractivity contribution is 5.79. The summed E-state index contributed by atoms with van der Waals surface area (Å²) in [6, 6.07) is 6.07. The predicted molar refractivity (Wildman–Crippen MR) is 114 cm³/mol. The summed E-state index contributed by atoms with van der Waals surface area (Å²) in [6.45, 7) is 10.1. The summed E-state index contributed by atoms with van der Waals surface area (Å²) >= 11 is 0. The number of aryl methyl sites for hydroxylation is 2. The number of nitrogens with one attached hydrogen (secondary N) is 2. The molecule has 7 nitrogen and oxygen atoms in total. The van der Waals surface area contributed by atoms with Crippen LogP contribution in [0.25, 0.3) is 0 Å². The largest absolute Gasteiger partial charge is 0.488 e. The fourth-order valence-corrected chi connectivity index (χ4v) is 3.56. The maximum Gasteiger partial charge on any atom is 0.191 e. The molecule has 3 rings (SSSR count). The molecule has 0 aliphatic carbocycles. The van der Waals surface area contributed by atoms with Crippen LogP contribution in [0.5, 0.6) is 11.5 Å². The van der Waals surface area contributed by atoms with E-state index in [0.717, 1.165) is 53.7 Å². The summed E-state index contributed by atoms with van der Waals surface area (Å²) < 4.78 is 17.4. The van der Waals surface area contributed by atoms with E-state index in [1.165, 1.54) is 5.56 Å². The average molecular weight is 401 g/mol. The Labute approximate surface area is 172 Å². The minimum Gasteiger partial charge on any atom is -0.488 e. The maximum atomic E-state index is 6.05. The van der Waals surface area contributed by atoms with E-state index < -0.39 is 0 Å². The van der Waals surface area contributed by atoms with Crippen molar-refractivity contribution >= 4 is 5.96 Å². The molecule has 0 fully saturated rings. The van der Waals surface area contributed by atoms with Crippen molar-refractivity contribution < 1.29 is 14.0 Å². The molecule has 2 aromatic rings. The van der Waals surface area contributed by atoms with Gasteiger partial charge in [0.1, 0.15) is 18.0 Å². The molecular weight excluding hydrogens is 368 g/mol. The van der Waals surface area contributed by atoms with Crippen molar-refractivity contribution in [2.45, 2.75) is 59.1 Å². The molecule has 158 valence electrons. The van der Waals surface area contributed by atoms with Crippen LogP contribution in [0.3, 0.4) is 0 Å². The smallest absolute Gasteiger partial charge is 0.191 e. The summed E-state index contributed by atoms with van der Waals surface area (Å²) in [5, 5.41) is 10.8. The van der Waals surface area contributed by atoms with E-state index in [1.54, 1.807) is 7.05 Å². The second-order valence-corrected chi connectivity index (χ2v) is 7.72. The van der Waals surface area contributed by atoms with Gasteiger partial charge in [-0.2, -0.15) is 0 Å². The van der Waals surface area contributed by atoms with Gasteiger partial charge >= 0.3 is 0 Å². The summed E-state index contributed by atoms with van der Waals surface area (Å²) in [7, 11) is 1.76. The van der Waals surface area contributed by atoms with Crippen LogP contribution in [0.2, 0.25) is 0 Å². The number of benzene rings is 1. The highest BCUT2D eigenvalue weighted by atomic mass is 16.5.